The van der Waals surface area contributed by atoms with Gasteiger partial charge in [-0.25, -0.2) is 0 Å². The molecule has 122 valence electrons. The number of rotatable bonds is 2. The number of benzene rings is 2. The van der Waals surface area contributed by atoms with Crippen molar-refractivity contribution < 1.29 is 14.6 Å². The molecule has 0 saturated heterocycles. The average molecular weight is 322 g/mol. The van der Waals surface area contributed by atoms with Crippen LogP contribution in [0.4, 0.5) is 0 Å². The van der Waals surface area contributed by atoms with Crippen LogP contribution in [-0.2, 0) is 16.0 Å². The Bertz CT molecular complexity index is 899. The fourth-order valence-electron chi connectivity index (χ4n) is 3.46. The number of aromatic hydroxyl groups is 1. The van der Waals surface area contributed by atoms with Crippen LogP contribution in [0.15, 0.2) is 48.5 Å². The Hall–Kier alpha value is -2.79. The molecule has 3 N–H and O–H groups in total. The van der Waals surface area contributed by atoms with E-state index in [2.05, 4.69) is 16.4 Å². The third-order valence-corrected chi connectivity index (χ3v) is 4.62. The van der Waals surface area contributed by atoms with Crippen molar-refractivity contribution in [1.82, 2.24) is 10.3 Å². The van der Waals surface area contributed by atoms with E-state index in [1.165, 1.54) is 7.11 Å². The van der Waals surface area contributed by atoms with E-state index in [1.807, 2.05) is 30.3 Å². The predicted molar refractivity (Wildman–Crippen MR) is 90.9 cm³/mol. The number of nitrogens with one attached hydrogen (secondary N) is 2. The van der Waals surface area contributed by atoms with Gasteiger partial charge < -0.3 is 14.8 Å². The molecule has 0 amide bonds. The Kier molecular flexibility index (Phi) is 3.50. The van der Waals surface area contributed by atoms with Gasteiger partial charge in [-0.15, -0.1) is 0 Å². The predicted octanol–water partition coefficient (Wildman–Crippen LogP) is 2.65. The summed E-state index contributed by atoms with van der Waals surface area (Å²) in [6, 6.07) is 14.6. The van der Waals surface area contributed by atoms with Crippen LogP contribution < -0.4 is 5.32 Å². The standard InChI is InChI=1S/C19H18N2O3/c1-24-19(23)16-10-14-13-4-2-3-5-15(13)20-18(14)17(21-16)11-6-8-12(22)9-7-11/h2-9,16-17,20-22H,10H2,1H3/t16-,17-/m1/s1. The Labute approximate surface area is 139 Å². The van der Waals surface area contributed by atoms with Gasteiger partial charge in [0.1, 0.15) is 11.8 Å². The molecule has 0 fully saturated rings. The highest BCUT2D eigenvalue weighted by Crippen LogP contribution is 2.35. The van der Waals surface area contributed by atoms with Crippen molar-refractivity contribution in [2.24, 2.45) is 0 Å². The molecule has 1 aliphatic heterocycles. The van der Waals surface area contributed by atoms with E-state index in [4.69, 9.17) is 4.74 Å². The number of carbonyl (C=O) groups excluding carboxylic acids is 1. The van der Waals surface area contributed by atoms with E-state index in [0.717, 1.165) is 27.7 Å². The van der Waals surface area contributed by atoms with Gasteiger partial charge in [0.05, 0.1) is 13.2 Å². The molecule has 2 aromatic carbocycles. The zero-order valence-electron chi connectivity index (χ0n) is 13.2. The summed E-state index contributed by atoms with van der Waals surface area (Å²) in [4.78, 5) is 15.6. The third-order valence-electron chi connectivity index (χ3n) is 4.62. The lowest BCUT2D eigenvalue weighted by molar-refractivity contribution is -0.143. The van der Waals surface area contributed by atoms with Crippen LogP contribution in [0.1, 0.15) is 22.9 Å². The lowest BCUT2D eigenvalue weighted by Gasteiger charge is -2.30. The molecule has 0 unspecified atom stereocenters. The molecule has 0 bridgehead atoms. The van der Waals surface area contributed by atoms with Crippen LogP contribution in [0.2, 0.25) is 0 Å². The van der Waals surface area contributed by atoms with Crippen molar-refractivity contribution in [3.8, 4) is 5.75 Å². The highest BCUT2D eigenvalue weighted by atomic mass is 16.5. The number of fused-ring (bicyclic) bond motifs is 3. The second-order valence-electron chi connectivity index (χ2n) is 6.03. The average Bonchev–Trinajstić information content (AvgIpc) is 2.99. The zero-order chi connectivity index (χ0) is 16.7. The van der Waals surface area contributed by atoms with Gasteiger partial charge in [-0.2, -0.15) is 0 Å². The van der Waals surface area contributed by atoms with E-state index in [0.29, 0.717) is 6.42 Å². The molecule has 0 radical (unpaired) electrons. The number of phenols is 1. The van der Waals surface area contributed by atoms with E-state index in [-0.39, 0.29) is 17.8 Å². The fraction of sp³-hybridized carbons (Fsp3) is 0.211. The summed E-state index contributed by atoms with van der Waals surface area (Å²) in [6.07, 6.45) is 0.584. The number of hydrogen-bond donors (Lipinski definition) is 3. The van der Waals surface area contributed by atoms with Crippen molar-refractivity contribution in [1.29, 1.82) is 0 Å². The molecule has 2 atom stereocenters. The molecule has 0 spiro atoms. The summed E-state index contributed by atoms with van der Waals surface area (Å²) in [5.74, 6) is -0.0503. The van der Waals surface area contributed by atoms with Crippen LogP contribution in [0, 0.1) is 0 Å². The molecule has 3 aromatic rings. The number of para-hydroxylation sites is 1. The zero-order valence-corrected chi connectivity index (χ0v) is 13.2. The van der Waals surface area contributed by atoms with Crippen LogP contribution in [0.3, 0.4) is 0 Å². The normalized spacial score (nSPS) is 19.9. The van der Waals surface area contributed by atoms with E-state index in [1.54, 1.807) is 12.1 Å². The highest BCUT2D eigenvalue weighted by molar-refractivity contribution is 5.87. The van der Waals surface area contributed by atoms with Gasteiger partial charge in [-0.3, -0.25) is 10.1 Å². The smallest absolute Gasteiger partial charge is 0.323 e. The SMILES string of the molecule is COC(=O)[C@H]1Cc2c([nH]c3ccccc23)[C@@H](c2ccc(O)cc2)N1. The number of H-pyrrole nitrogens is 1. The number of hydrogen-bond acceptors (Lipinski definition) is 4. The van der Waals surface area contributed by atoms with E-state index < -0.39 is 6.04 Å². The topological polar surface area (TPSA) is 74.4 Å². The second-order valence-corrected chi connectivity index (χ2v) is 6.03. The minimum absolute atomic E-state index is 0.161. The lowest BCUT2D eigenvalue weighted by atomic mass is 9.90. The van der Waals surface area contributed by atoms with Gasteiger partial charge in [0.15, 0.2) is 0 Å². The molecule has 5 heteroatoms. The maximum Gasteiger partial charge on any atom is 0.323 e. The molecule has 0 aliphatic carbocycles. The number of esters is 1. The number of ether oxygens (including phenoxy) is 1. The van der Waals surface area contributed by atoms with Crippen molar-refractivity contribution in [2.45, 2.75) is 18.5 Å². The molecule has 24 heavy (non-hydrogen) atoms. The fourth-order valence-corrected chi connectivity index (χ4v) is 3.46. The Morgan fingerprint density at radius 3 is 2.67 bits per heavy atom. The number of aromatic nitrogens is 1. The largest absolute Gasteiger partial charge is 0.508 e. The first-order valence-corrected chi connectivity index (χ1v) is 7.89. The monoisotopic (exact) mass is 322 g/mol. The number of aromatic amines is 1. The molecule has 1 aliphatic rings. The Morgan fingerprint density at radius 2 is 1.92 bits per heavy atom. The maximum atomic E-state index is 12.1. The highest BCUT2D eigenvalue weighted by Gasteiger charge is 2.34. The second kappa shape index (κ2) is 5.69. The molecule has 0 saturated carbocycles. The van der Waals surface area contributed by atoms with Gasteiger partial charge in [-0.05, 0) is 29.3 Å². The molecule has 4 rings (SSSR count). The summed E-state index contributed by atoms with van der Waals surface area (Å²) in [5, 5.41) is 14.0. The quantitative estimate of drug-likeness (QED) is 0.634. The molecule has 1 aromatic heterocycles. The van der Waals surface area contributed by atoms with Gasteiger partial charge >= 0.3 is 5.97 Å². The number of phenolic OH excluding ortho intramolecular Hbond substituents is 1. The minimum atomic E-state index is -0.402. The van der Waals surface area contributed by atoms with Crippen molar-refractivity contribution >= 4 is 16.9 Å². The van der Waals surface area contributed by atoms with E-state index >= 15 is 0 Å². The molecule has 2 heterocycles. The first kappa shape index (κ1) is 14.8. The molecular formula is C19H18N2O3. The lowest BCUT2D eigenvalue weighted by Crippen LogP contribution is -2.45. The Balaban J connectivity index is 1.86. The van der Waals surface area contributed by atoms with Crippen LogP contribution in [0.5, 0.6) is 5.75 Å². The van der Waals surface area contributed by atoms with Gasteiger partial charge in [0, 0.05) is 23.0 Å². The van der Waals surface area contributed by atoms with Gasteiger partial charge in [0.2, 0.25) is 0 Å². The van der Waals surface area contributed by atoms with Crippen LogP contribution >= 0.6 is 0 Å². The first-order valence-electron chi connectivity index (χ1n) is 7.89. The summed E-state index contributed by atoms with van der Waals surface area (Å²) in [6.45, 7) is 0. The molecule has 5 nitrogen and oxygen atoms in total. The minimum Gasteiger partial charge on any atom is -0.508 e. The summed E-state index contributed by atoms with van der Waals surface area (Å²) in [5.41, 5.74) is 4.23. The van der Waals surface area contributed by atoms with E-state index in [9.17, 15) is 9.90 Å². The van der Waals surface area contributed by atoms with Crippen LogP contribution in [-0.4, -0.2) is 29.2 Å². The summed E-state index contributed by atoms with van der Waals surface area (Å²) >= 11 is 0. The summed E-state index contributed by atoms with van der Waals surface area (Å²) in [7, 11) is 1.41. The number of carbonyl (C=O) groups is 1. The molecular weight excluding hydrogens is 304 g/mol. The van der Waals surface area contributed by atoms with Gasteiger partial charge in [0.25, 0.3) is 0 Å². The third kappa shape index (κ3) is 2.34. The van der Waals surface area contributed by atoms with Crippen molar-refractivity contribution in [3.05, 3.63) is 65.4 Å². The summed E-state index contributed by atoms with van der Waals surface area (Å²) < 4.78 is 4.95. The van der Waals surface area contributed by atoms with Crippen LogP contribution in [0.25, 0.3) is 10.9 Å². The van der Waals surface area contributed by atoms with Gasteiger partial charge in [-0.1, -0.05) is 30.3 Å². The van der Waals surface area contributed by atoms with Crippen molar-refractivity contribution in [2.75, 3.05) is 7.11 Å². The maximum absolute atomic E-state index is 12.1. The Morgan fingerprint density at radius 1 is 1.17 bits per heavy atom. The first-order chi connectivity index (χ1) is 11.7. The van der Waals surface area contributed by atoms with Crippen molar-refractivity contribution in [3.63, 3.8) is 0 Å². The number of methoxy groups -OCH3 is 1.